The first-order chi connectivity index (χ1) is 13.7. The van der Waals surface area contributed by atoms with Crippen LogP contribution >= 0.6 is 0 Å². The number of nitrogens with one attached hydrogen (secondary N) is 3. The van der Waals surface area contributed by atoms with Crippen LogP contribution < -0.4 is 10.6 Å². The SMILES string of the molecule is CN=C(NCc1ncc(-c2ccccc2)[nH]1)NCc1oc2ccccc2c1C. The molecule has 2 aromatic heterocycles. The Bertz CT molecular complexity index is 1090. The Hall–Kier alpha value is -3.54. The summed E-state index contributed by atoms with van der Waals surface area (Å²) in [6, 6.07) is 18.2. The fraction of sp³-hybridized carbons (Fsp3) is 0.182. The Morgan fingerprint density at radius 1 is 1.04 bits per heavy atom. The molecular formula is C22H23N5O. The number of imidazole rings is 1. The van der Waals surface area contributed by atoms with E-state index in [4.69, 9.17) is 4.42 Å². The summed E-state index contributed by atoms with van der Waals surface area (Å²) >= 11 is 0. The topological polar surface area (TPSA) is 78.2 Å². The van der Waals surface area contributed by atoms with Crippen LogP contribution in [0.15, 0.2) is 70.2 Å². The van der Waals surface area contributed by atoms with E-state index in [1.165, 1.54) is 0 Å². The highest BCUT2D eigenvalue weighted by Gasteiger charge is 2.10. The highest BCUT2D eigenvalue weighted by atomic mass is 16.3. The first-order valence-corrected chi connectivity index (χ1v) is 9.25. The zero-order chi connectivity index (χ0) is 19.3. The van der Waals surface area contributed by atoms with Crippen molar-refractivity contribution in [3.8, 4) is 11.3 Å². The number of hydrogen-bond donors (Lipinski definition) is 3. The normalized spacial score (nSPS) is 11.7. The van der Waals surface area contributed by atoms with Gasteiger partial charge in [-0.25, -0.2) is 4.98 Å². The first kappa shape index (κ1) is 17.9. The molecule has 0 saturated heterocycles. The fourth-order valence-corrected chi connectivity index (χ4v) is 3.16. The number of H-pyrrole nitrogens is 1. The molecule has 0 saturated carbocycles. The minimum Gasteiger partial charge on any atom is -0.459 e. The highest BCUT2D eigenvalue weighted by Crippen LogP contribution is 2.24. The fourth-order valence-electron chi connectivity index (χ4n) is 3.16. The van der Waals surface area contributed by atoms with Gasteiger partial charge in [-0.15, -0.1) is 0 Å². The van der Waals surface area contributed by atoms with Crippen LogP contribution in [0.25, 0.3) is 22.2 Å². The van der Waals surface area contributed by atoms with Crippen LogP contribution in [0.5, 0.6) is 0 Å². The number of aromatic amines is 1. The molecule has 4 aromatic rings. The molecule has 0 fully saturated rings. The predicted octanol–water partition coefficient (Wildman–Crippen LogP) is 4.00. The van der Waals surface area contributed by atoms with Crippen molar-refractivity contribution in [1.29, 1.82) is 0 Å². The van der Waals surface area contributed by atoms with E-state index in [9.17, 15) is 0 Å². The van der Waals surface area contributed by atoms with Crippen molar-refractivity contribution in [1.82, 2.24) is 20.6 Å². The molecule has 0 atom stereocenters. The van der Waals surface area contributed by atoms with E-state index in [0.29, 0.717) is 19.0 Å². The van der Waals surface area contributed by atoms with Gasteiger partial charge in [0.15, 0.2) is 5.96 Å². The number of nitrogens with zero attached hydrogens (tertiary/aromatic N) is 2. The van der Waals surface area contributed by atoms with E-state index < -0.39 is 0 Å². The van der Waals surface area contributed by atoms with E-state index in [2.05, 4.69) is 50.7 Å². The minimum atomic E-state index is 0.547. The van der Waals surface area contributed by atoms with Gasteiger partial charge in [-0.05, 0) is 18.6 Å². The van der Waals surface area contributed by atoms with Crippen molar-refractivity contribution >= 4 is 16.9 Å². The summed E-state index contributed by atoms with van der Waals surface area (Å²) in [7, 11) is 1.75. The van der Waals surface area contributed by atoms with Gasteiger partial charge in [0.2, 0.25) is 0 Å². The van der Waals surface area contributed by atoms with E-state index in [1.54, 1.807) is 7.05 Å². The largest absolute Gasteiger partial charge is 0.459 e. The molecule has 3 N–H and O–H groups in total. The summed E-state index contributed by atoms with van der Waals surface area (Å²) in [5, 5.41) is 7.72. The van der Waals surface area contributed by atoms with Crippen molar-refractivity contribution in [3.63, 3.8) is 0 Å². The number of aryl methyl sites for hydroxylation is 1. The van der Waals surface area contributed by atoms with Crippen LogP contribution in [-0.2, 0) is 13.1 Å². The maximum Gasteiger partial charge on any atom is 0.191 e. The van der Waals surface area contributed by atoms with Gasteiger partial charge in [0.1, 0.15) is 17.2 Å². The molecule has 0 bridgehead atoms. The van der Waals surface area contributed by atoms with Gasteiger partial charge in [-0.2, -0.15) is 0 Å². The Balaban J connectivity index is 1.36. The molecule has 2 heterocycles. The zero-order valence-corrected chi connectivity index (χ0v) is 16.0. The Labute approximate surface area is 163 Å². The second kappa shape index (κ2) is 8.00. The summed E-state index contributed by atoms with van der Waals surface area (Å²) in [6.07, 6.45) is 1.85. The molecule has 142 valence electrons. The first-order valence-electron chi connectivity index (χ1n) is 9.25. The van der Waals surface area contributed by atoms with E-state index >= 15 is 0 Å². The number of rotatable bonds is 5. The summed E-state index contributed by atoms with van der Waals surface area (Å²) < 4.78 is 5.95. The van der Waals surface area contributed by atoms with E-state index in [0.717, 1.165) is 39.4 Å². The monoisotopic (exact) mass is 373 g/mol. The van der Waals surface area contributed by atoms with E-state index in [-0.39, 0.29) is 0 Å². The van der Waals surface area contributed by atoms with Crippen molar-refractivity contribution < 1.29 is 4.42 Å². The molecule has 6 heteroatoms. The Kier molecular flexibility index (Phi) is 5.10. The van der Waals surface area contributed by atoms with Gasteiger partial charge in [0.05, 0.1) is 25.0 Å². The van der Waals surface area contributed by atoms with Crippen LogP contribution in [0.4, 0.5) is 0 Å². The maximum absolute atomic E-state index is 5.95. The molecule has 2 aromatic carbocycles. The standard InChI is InChI=1S/C22H23N5O/c1-15-17-10-6-7-11-19(17)28-20(15)13-25-22(23-2)26-14-21-24-12-18(27-21)16-8-4-3-5-9-16/h3-12H,13-14H2,1-2H3,(H,24,27)(H2,23,25,26). The maximum atomic E-state index is 5.95. The molecule has 4 rings (SSSR count). The van der Waals surface area contributed by atoms with Gasteiger partial charge >= 0.3 is 0 Å². The zero-order valence-electron chi connectivity index (χ0n) is 16.0. The molecule has 0 radical (unpaired) electrons. The van der Waals surface area contributed by atoms with Gasteiger partial charge in [-0.3, -0.25) is 4.99 Å². The second-order valence-electron chi connectivity index (χ2n) is 6.54. The summed E-state index contributed by atoms with van der Waals surface area (Å²) in [4.78, 5) is 12.1. The molecule has 0 unspecified atom stereocenters. The minimum absolute atomic E-state index is 0.547. The summed E-state index contributed by atoms with van der Waals surface area (Å²) in [5.41, 5.74) is 4.17. The van der Waals surface area contributed by atoms with Crippen LogP contribution in [0.2, 0.25) is 0 Å². The van der Waals surface area contributed by atoms with Crippen molar-refractivity contribution in [2.45, 2.75) is 20.0 Å². The number of para-hydroxylation sites is 1. The van der Waals surface area contributed by atoms with Gasteiger partial charge in [0, 0.05) is 18.0 Å². The molecule has 0 aliphatic rings. The Morgan fingerprint density at radius 2 is 1.79 bits per heavy atom. The quantitative estimate of drug-likeness (QED) is 0.365. The average molecular weight is 373 g/mol. The number of aliphatic imine (C=N–C) groups is 1. The van der Waals surface area contributed by atoms with Crippen molar-refractivity contribution in [2.24, 2.45) is 4.99 Å². The lowest BCUT2D eigenvalue weighted by atomic mass is 10.1. The van der Waals surface area contributed by atoms with Crippen LogP contribution in [0.1, 0.15) is 17.1 Å². The van der Waals surface area contributed by atoms with Crippen molar-refractivity contribution in [3.05, 3.63) is 77.9 Å². The number of guanidine groups is 1. The highest BCUT2D eigenvalue weighted by molar-refractivity contribution is 5.82. The molecule has 0 aliphatic carbocycles. The summed E-state index contributed by atoms with van der Waals surface area (Å²) in [5.74, 6) is 2.45. The van der Waals surface area contributed by atoms with Crippen LogP contribution in [-0.4, -0.2) is 23.0 Å². The van der Waals surface area contributed by atoms with Gasteiger partial charge in [0.25, 0.3) is 0 Å². The molecule has 0 aliphatic heterocycles. The smallest absolute Gasteiger partial charge is 0.191 e. The number of aromatic nitrogens is 2. The lowest BCUT2D eigenvalue weighted by molar-refractivity contribution is 0.534. The summed E-state index contributed by atoms with van der Waals surface area (Å²) in [6.45, 7) is 3.19. The third-order valence-corrected chi connectivity index (χ3v) is 4.72. The van der Waals surface area contributed by atoms with Crippen LogP contribution in [0.3, 0.4) is 0 Å². The molecule has 6 nitrogen and oxygen atoms in total. The number of hydrogen-bond acceptors (Lipinski definition) is 3. The van der Waals surface area contributed by atoms with Gasteiger partial charge in [-0.1, -0.05) is 48.5 Å². The van der Waals surface area contributed by atoms with E-state index in [1.807, 2.05) is 42.6 Å². The Morgan fingerprint density at radius 3 is 2.57 bits per heavy atom. The third-order valence-electron chi connectivity index (χ3n) is 4.72. The second-order valence-corrected chi connectivity index (χ2v) is 6.54. The molecule has 0 amide bonds. The lowest BCUT2D eigenvalue weighted by Gasteiger charge is -2.10. The molecular weight excluding hydrogens is 350 g/mol. The molecule has 0 spiro atoms. The number of furan rings is 1. The third kappa shape index (κ3) is 3.76. The van der Waals surface area contributed by atoms with Crippen molar-refractivity contribution in [2.75, 3.05) is 7.05 Å². The van der Waals surface area contributed by atoms with Gasteiger partial charge < -0.3 is 20.0 Å². The predicted molar refractivity (Wildman–Crippen MR) is 112 cm³/mol. The molecule has 28 heavy (non-hydrogen) atoms. The number of fused-ring (bicyclic) bond motifs is 1. The lowest BCUT2D eigenvalue weighted by Crippen LogP contribution is -2.36. The number of benzene rings is 2. The average Bonchev–Trinajstić information content (AvgIpc) is 3.34. The van der Waals surface area contributed by atoms with Crippen LogP contribution in [0, 0.1) is 6.92 Å².